The minimum absolute atomic E-state index is 0.0646. The van der Waals surface area contributed by atoms with Crippen molar-refractivity contribution in [2.75, 3.05) is 27.3 Å². The van der Waals surface area contributed by atoms with E-state index in [9.17, 15) is 9.90 Å². The number of halogens is 2. The van der Waals surface area contributed by atoms with Crippen molar-refractivity contribution in [1.82, 2.24) is 39.7 Å². The first-order chi connectivity index (χ1) is 33.0. The summed E-state index contributed by atoms with van der Waals surface area (Å²) < 4.78 is 15.3. The Bertz CT molecular complexity index is 3070. The fraction of sp³-hybridized carbons (Fsp3) is 0.288. The molecule has 14 nitrogen and oxygen atoms in total. The van der Waals surface area contributed by atoms with Crippen LogP contribution in [0.25, 0.3) is 11.4 Å². The Morgan fingerprint density at radius 1 is 0.706 bits per heavy atom. The van der Waals surface area contributed by atoms with E-state index in [4.69, 9.17) is 42.7 Å². The van der Waals surface area contributed by atoms with Gasteiger partial charge in [0.05, 0.1) is 43.4 Å². The number of nitrogens with zero attached hydrogens (tertiary/aromatic N) is 9. The van der Waals surface area contributed by atoms with Crippen molar-refractivity contribution in [3.63, 3.8) is 0 Å². The number of methoxy groups -OCH3 is 2. The van der Waals surface area contributed by atoms with Gasteiger partial charge in [-0.1, -0.05) is 71.7 Å². The van der Waals surface area contributed by atoms with Crippen molar-refractivity contribution in [2.45, 2.75) is 70.3 Å². The molecule has 0 radical (unpaired) electrons. The van der Waals surface area contributed by atoms with E-state index in [-0.39, 0.29) is 12.3 Å². The summed E-state index contributed by atoms with van der Waals surface area (Å²) in [5, 5.41) is 34.3. The molecule has 0 spiro atoms. The second-order valence-electron chi connectivity index (χ2n) is 17.4. The van der Waals surface area contributed by atoms with E-state index in [1.165, 1.54) is 5.56 Å². The van der Waals surface area contributed by atoms with Crippen molar-refractivity contribution < 1.29 is 19.4 Å². The van der Waals surface area contributed by atoms with Crippen molar-refractivity contribution in [2.24, 2.45) is 9.98 Å². The molecule has 10 rings (SSSR count). The zero-order chi connectivity index (χ0) is 47.1. The molecule has 3 unspecified atom stereocenters. The molecule has 68 heavy (non-hydrogen) atoms. The number of nitrogens with one attached hydrogen (secondary N) is 1. The van der Waals surface area contributed by atoms with Crippen LogP contribution in [0.3, 0.4) is 0 Å². The minimum atomic E-state index is -0.770. The van der Waals surface area contributed by atoms with Gasteiger partial charge in [-0.15, -0.1) is 20.4 Å². The number of hydrogen-bond donors (Lipinski definition) is 2. The molecule has 0 saturated carbocycles. The number of amides is 1. The molecular formula is C52H50Cl2N10O4. The highest BCUT2D eigenvalue weighted by Crippen LogP contribution is 2.38. The van der Waals surface area contributed by atoms with Crippen LogP contribution in [-0.2, 0) is 11.3 Å². The second kappa shape index (κ2) is 19.1. The summed E-state index contributed by atoms with van der Waals surface area (Å²) in [5.74, 6) is 4.19. The van der Waals surface area contributed by atoms with Gasteiger partial charge in [-0.2, -0.15) is 0 Å². The molecule has 1 saturated heterocycles. The molecule has 5 heterocycles. The summed E-state index contributed by atoms with van der Waals surface area (Å²) in [5.41, 5.74) is 8.89. The zero-order valence-corrected chi connectivity index (χ0v) is 39.6. The molecule has 1 amide bonds. The highest BCUT2D eigenvalue weighted by molar-refractivity contribution is 6.31. The van der Waals surface area contributed by atoms with Crippen molar-refractivity contribution >= 4 is 40.5 Å². The largest absolute Gasteiger partial charge is 0.497 e. The van der Waals surface area contributed by atoms with E-state index in [0.717, 1.165) is 63.6 Å². The summed E-state index contributed by atoms with van der Waals surface area (Å²) >= 11 is 12.6. The highest BCUT2D eigenvalue weighted by Gasteiger charge is 2.34. The molecule has 3 aliphatic rings. The first-order valence-electron chi connectivity index (χ1n) is 22.7. The number of rotatable bonds is 12. The number of aliphatic imine (C=N–C) groups is 2. The number of hydrogen-bond acceptors (Lipinski definition) is 11. The SMILES string of the molecule is COc1ccc2c(c1)C(c1ccc(Cl)cc1)=NC(CC(=O)NCc1cccc(C3CCN(C(O)CC4N=C(c5ccc(Cl)cc5)c5cc(OC)ccc5-n5c(C)nnc54)CC3)c1)c1nnc(C)n1-2. The number of carbonyl (C=O) groups excluding carboxylic acids is 1. The minimum Gasteiger partial charge on any atom is -0.497 e. The molecular weight excluding hydrogens is 900 g/mol. The average molecular weight is 950 g/mol. The predicted molar refractivity (Wildman–Crippen MR) is 262 cm³/mol. The van der Waals surface area contributed by atoms with Gasteiger partial charge in [-0.25, -0.2) is 0 Å². The molecule has 1 fully saturated rings. The molecule has 7 aromatic rings. The smallest absolute Gasteiger partial charge is 0.222 e. The lowest BCUT2D eigenvalue weighted by molar-refractivity contribution is -0.121. The number of benzene rings is 5. The van der Waals surface area contributed by atoms with E-state index in [1.54, 1.807) is 14.2 Å². The van der Waals surface area contributed by atoms with Crippen LogP contribution in [0.15, 0.2) is 119 Å². The Labute approximate surface area is 404 Å². The normalized spacial score (nSPS) is 17.3. The van der Waals surface area contributed by atoms with Gasteiger partial charge in [0, 0.05) is 58.4 Å². The zero-order valence-electron chi connectivity index (χ0n) is 38.1. The first kappa shape index (κ1) is 45.1. The molecule has 3 atom stereocenters. The molecule has 0 aliphatic carbocycles. The number of ether oxygens (including phenoxy) is 2. The number of aryl methyl sites for hydroxylation is 2. The maximum atomic E-state index is 13.8. The molecule has 346 valence electrons. The number of likely N-dealkylation sites (tertiary alicyclic amines) is 1. The van der Waals surface area contributed by atoms with Crippen LogP contribution in [0.1, 0.15) is 100 Å². The van der Waals surface area contributed by atoms with E-state index in [1.807, 2.05) is 114 Å². The van der Waals surface area contributed by atoms with Crippen molar-refractivity contribution in [3.05, 3.63) is 176 Å². The van der Waals surface area contributed by atoms with Gasteiger partial charge in [0.2, 0.25) is 5.91 Å². The van der Waals surface area contributed by atoms with E-state index < -0.39 is 18.3 Å². The van der Waals surface area contributed by atoms with E-state index in [0.29, 0.717) is 76.7 Å². The third-order valence-corrected chi connectivity index (χ3v) is 13.7. The number of carbonyl (C=O) groups is 1. The lowest BCUT2D eigenvalue weighted by atomic mass is 9.88. The number of piperidine rings is 1. The number of aromatic nitrogens is 6. The lowest BCUT2D eigenvalue weighted by Gasteiger charge is -2.36. The highest BCUT2D eigenvalue weighted by atomic mass is 35.5. The number of aliphatic hydroxyl groups is 1. The fourth-order valence-corrected chi connectivity index (χ4v) is 9.91. The van der Waals surface area contributed by atoms with Gasteiger partial charge in [0.25, 0.3) is 0 Å². The maximum absolute atomic E-state index is 13.8. The maximum Gasteiger partial charge on any atom is 0.222 e. The average Bonchev–Trinajstić information content (AvgIpc) is 3.87. The standard InChI is InChI=1S/C52H50Cl2N10O4/c1-30-58-60-51-43(56-49(34-8-12-37(53)13-9-34)41-25-39(67-3)16-18-45(41)63(30)51)27-47(65)55-29-32-6-5-7-36(24-32)33-20-22-62(23-21-33)48(66)28-44-52-61-59-31(2)64(52)46-19-17-40(68-4)26-42(46)50(57-44)35-10-14-38(54)15-11-35/h5-19,24-26,33,43-44,48,66H,20-23,27-29H2,1-4H3,(H,55,65). The van der Waals surface area contributed by atoms with E-state index in [2.05, 4.69) is 48.8 Å². The molecule has 16 heteroatoms. The summed E-state index contributed by atoms with van der Waals surface area (Å²) in [4.78, 5) is 26.5. The Kier molecular flexibility index (Phi) is 12.7. The van der Waals surface area contributed by atoms with Crippen molar-refractivity contribution in [1.29, 1.82) is 0 Å². The molecule has 2 aromatic heterocycles. The van der Waals surface area contributed by atoms with Crippen LogP contribution in [0.2, 0.25) is 10.0 Å². The molecule has 5 aromatic carbocycles. The topological polar surface area (TPSA) is 157 Å². The van der Waals surface area contributed by atoms with Gasteiger partial charge in [-0.3, -0.25) is 28.8 Å². The summed E-state index contributed by atoms with van der Waals surface area (Å²) in [7, 11) is 3.28. The second-order valence-corrected chi connectivity index (χ2v) is 18.3. The van der Waals surface area contributed by atoms with Gasteiger partial charge in [-0.05, 0) is 104 Å². The first-order valence-corrected chi connectivity index (χ1v) is 23.5. The summed E-state index contributed by atoms with van der Waals surface area (Å²) in [6, 6.07) is 34.2. The fourth-order valence-electron chi connectivity index (χ4n) is 9.66. The quantitative estimate of drug-likeness (QED) is 0.122. The van der Waals surface area contributed by atoms with Crippen molar-refractivity contribution in [3.8, 4) is 22.9 Å². The van der Waals surface area contributed by atoms with Crippen LogP contribution < -0.4 is 14.8 Å². The Morgan fingerprint density at radius 3 is 1.78 bits per heavy atom. The third kappa shape index (κ3) is 8.92. The monoisotopic (exact) mass is 948 g/mol. The Morgan fingerprint density at radius 2 is 1.24 bits per heavy atom. The lowest BCUT2D eigenvalue weighted by Crippen LogP contribution is -2.41. The van der Waals surface area contributed by atoms with E-state index >= 15 is 0 Å². The molecule has 2 N–H and O–H groups in total. The summed E-state index contributed by atoms with van der Waals surface area (Å²) in [6.07, 6.45) is 1.35. The Balaban J connectivity index is 0.816. The van der Waals surface area contributed by atoms with Gasteiger partial charge in [0.1, 0.15) is 41.5 Å². The molecule has 3 aliphatic heterocycles. The Hall–Kier alpha value is -6.71. The van der Waals surface area contributed by atoms with Gasteiger partial charge >= 0.3 is 0 Å². The van der Waals surface area contributed by atoms with Crippen LogP contribution in [0.5, 0.6) is 11.5 Å². The van der Waals surface area contributed by atoms with Gasteiger partial charge < -0.3 is 19.9 Å². The van der Waals surface area contributed by atoms with Crippen LogP contribution in [0, 0.1) is 13.8 Å². The van der Waals surface area contributed by atoms with Crippen LogP contribution >= 0.6 is 23.2 Å². The third-order valence-electron chi connectivity index (χ3n) is 13.2. The molecule has 0 bridgehead atoms. The van der Waals surface area contributed by atoms with Crippen LogP contribution in [0.4, 0.5) is 0 Å². The number of fused-ring (bicyclic) bond motifs is 6. The predicted octanol–water partition coefficient (Wildman–Crippen LogP) is 8.87. The summed E-state index contributed by atoms with van der Waals surface area (Å²) in [6.45, 7) is 5.59. The van der Waals surface area contributed by atoms with Crippen LogP contribution in [-0.4, -0.2) is 90.4 Å². The number of aliphatic hydroxyl groups excluding tert-OH is 1. The van der Waals surface area contributed by atoms with Gasteiger partial charge in [0.15, 0.2) is 11.6 Å².